The minimum Gasteiger partial charge on any atom is -0.308 e. The minimum absolute atomic E-state index is 0.0388. The molecule has 1 atom stereocenters. The summed E-state index contributed by atoms with van der Waals surface area (Å²) in [5, 5.41) is 0. The summed E-state index contributed by atoms with van der Waals surface area (Å²) >= 11 is 0. The normalized spacial score (nSPS) is 25.6. The molecular formula is C7H15O6PS. The Hall–Kier alpha value is 0.0600. The average Bonchev–Trinajstić information content (AvgIpc) is 2.46. The second-order valence-corrected chi connectivity index (χ2v) is 7.29. The summed E-state index contributed by atoms with van der Waals surface area (Å²) in [5.74, 6) is 0. The van der Waals surface area contributed by atoms with Gasteiger partial charge in [-0.2, -0.15) is 8.42 Å². The van der Waals surface area contributed by atoms with Gasteiger partial charge < -0.3 is 9.05 Å². The van der Waals surface area contributed by atoms with E-state index in [4.69, 9.17) is 9.05 Å². The molecule has 15 heavy (non-hydrogen) atoms. The molecule has 1 unspecified atom stereocenters. The lowest BCUT2D eigenvalue weighted by Crippen LogP contribution is -2.18. The van der Waals surface area contributed by atoms with Crippen molar-refractivity contribution in [2.24, 2.45) is 0 Å². The molecule has 1 heterocycles. The molecule has 1 aliphatic rings. The van der Waals surface area contributed by atoms with E-state index >= 15 is 0 Å². The van der Waals surface area contributed by atoms with Crippen molar-refractivity contribution in [3.05, 3.63) is 0 Å². The van der Waals surface area contributed by atoms with Crippen LogP contribution in [0.2, 0.25) is 0 Å². The molecule has 0 bridgehead atoms. The lowest BCUT2D eigenvalue weighted by atomic mass is 10.5. The first kappa shape index (κ1) is 13.1. The van der Waals surface area contributed by atoms with E-state index in [1.807, 2.05) is 0 Å². The lowest BCUT2D eigenvalue weighted by Gasteiger charge is -2.20. The van der Waals surface area contributed by atoms with Crippen molar-refractivity contribution in [3.63, 3.8) is 0 Å². The van der Waals surface area contributed by atoms with E-state index in [0.717, 1.165) is 0 Å². The highest BCUT2D eigenvalue weighted by Gasteiger charge is 2.49. The molecule has 0 aromatic rings. The number of rotatable bonds is 5. The van der Waals surface area contributed by atoms with Gasteiger partial charge in [-0.1, -0.05) is 0 Å². The van der Waals surface area contributed by atoms with Crippen LogP contribution in [0.25, 0.3) is 0 Å². The molecule has 1 aliphatic heterocycles. The highest BCUT2D eigenvalue weighted by Crippen LogP contribution is 2.57. The van der Waals surface area contributed by atoms with Crippen LogP contribution < -0.4 is 0 Å². The van der Waals surface area contributed by atoms with Crippen molar-refractivity contribution in [2.75, 3.05) is 19.8 Å². The SMILES string of the molecule is CCOP(=O)(OCC)C1CCOS1(=O)=O. The Morgan fingerprint density at radius 3 is 2.20 bits per heavy atom. The molecule has 0 radical (unpaired) electrons. The van der Waals surface area contributed by atoms with E-state index < -0.39 is 22.7 Å². The van der Waals surface area contributed by atoms with Gasteiger partial charge in [0, 0.05) is 6.42 Å². The monoisotopic (exact) mass is 258 g/mol. The predicted molar refractivity (Wildman–Crippen MR) is 54.1 cm³/mol. The van der Waals surface area contributed by atoms with Gasteiger partial charge in [0.25, 0.3) is 10.1 Å². The van der Waals surface area contributed by atoms with Crippen molar-refractivity contribution in [2.45, 2.75) is 25.3 Å². The van der Waals surface area contributed by atoms with Crippen molar-refractivity contribution in [1.29, 1.82) is 0 Å². The second kappa shape index (κ2) is 4.93. The standard InChI is InChI=1S/C7H15O6PS/c1-3-11-14(8,12-4-2)7-5-6-13-15(7,9)10/h7H,3-6H2,1-2H3. The molecule has 0 aromatic heterocycles. The first-order valence-electron chi connectivity index (χ1n) is 4.73. The van der Waals surface area contributed by atoms with Gasteiger partial charge in [-0.3, -0.25) is 8.75 Å². The zero-order valence-corrected chi connectivity index (χ0v) is 10.4. The molecule has 0 spiro atoms. The van der Waals surface area contributed by atoms with Crippen molar-refractivity contribution < 1.29 is 26.2 Å². The summed E-state index contributed by atoms with van der Waals surface area (Å²) in [7, 11) is -7.40. The van der Waals surface area contributed by atoms with E-state index in [9.17, 15) is 13.0 Å². The van der Waals surface area contributed by atoms with Crippen molar-refractivity contribution >= 4 is 17.7 Å². The van der Waals surface area contributed by atoms with Crippen LogP contribution in [0.3, 0.4) is 0 Å². The van der Waals surface area contributed by atoms with Crippen LogP contribution in [0.4, 0.5) is 0 Å². The van der Waals surface area contributed by atoms with Gasteiger partial charge in [0.2, 0.25) is 0 Å². The third-order valence-electron chi connectivity index (χ3n) is 1.92. The third-order valence-corrected chi connectivity index (χ3v) is 7.06. The van der Waals surface area contributed by atoms with Crippen LogP contribution in [0, 0.1) is 0 Å². The summed E-state index contributed by atoms with van der Waals surface area (Å²) < 4.78 is 49.4. The van der Waals surface area contributed by atoms with Crippen LogP contribution in [0.5, 0.6) is 0 Å². The molecule has 0 aliphatic carbocycles. The van der Waals surface area contributed by atoms with Gasteiger partial charge in [-0.15, -0.1) is 0 Å². The molecule has 8 heteroatoms. The van der Waals surface area contributed by atoms with Crippen molar-refractivity contribution in [3.8, 4) is 0 Å². The highest BCUT2D eigenvalue weighted by molar-refractivity contribution is 7.95. The van der Waals surface area contributed by atoms with E-state index in [1.54, 1.807) is 13.8 Å². The molecule has 0 aromatic carbocycles. The van der Waals surface area contributed by atoms with Gasteiger partial charge >= 0.3 is 7.60 Å². The smallest absolute Gasteiger partial charge is 0.308 e. The van der Waals surface area contributed by atoms with Gasteiger partial charge in [0.1, 0.15) is 0 Å². The topological polar surface area (TPSA) is 78.9 Å². The first-order valence-corrected chi connectivity index (χ1v) is 7.81. The molecule has 0 saturated carbocycles. The Balaban J connectivity index is 2.94. The van der Waals surface area contributed by atoms with E-state index in [2.05, 4.69) is 4.18 Å². The highest BCUT2D eigenvalue weighted by atomic mass is 32.2. The Morgan fingerprint density at radius 1 is 1.33 bits per heavy atom. The maximum Gasteiger partial charge on any atom is 0.351 e. The van der Waals surface area contributed by atoms with Crippen LogP contribution >= 0.6 is 7.60 Å². The lowest BCUT2D eigenvalue weighted by molar-refractivity contribution is 0.217. The van der Waals surface area contributed by atoms with Gasteiger partial charge in [0.05, 0.1) is 19.8 Å². The zero-order valence-electron chi connectivity index (χ0n) is 8.71. The van der Waals surface area contributed by atoms with Crippen LogP contribution in [-0.4, -0.2) is 33.2 Å². The van der Waals surface area contributed by atoms with Crippen LogP contribution in [-0.2, 0) is 27.9 Å². The Morgan fingerprint density at radius 2 is 1.87 bits per heavy atom. The van der Waals surface area contributed by atoms with Crippen molar-refractivity contribution in [1.82, 2.24) is 0 Å². The molecule has 1 rings (SSSR count). The van der Waals surface area contributed by atoms with E-state index in [1.165, 1.54) is 0 Å². The Kier molecular flexibility index (Phi) is 4.31. The Labute approximate surface area is 89.6 Å². The number of hydrogen-bond donors (Lipinski definition) is 0. The van der Waals surface area contributed by atoms with Crippen LogP contribution in [0.15, 0.2) is 0 Å². The quantitative estimate of drug-likeness (QED) is 0.546. The maximum absolute atomic E-state index is 12.1. The zero-order chi connectivity index (χ0) is 11.5. The fourth-order valence-electron chi connectivity index (χ4n) is 1.37. The van der Waals surface area contributed by atoms with E-state index in [0.29, 0.717) is 0 Å². The molecule has 90 valence electrons. The summed E-state index contributed by atoms with van der Waals surface area (Å²) in [6.45, 7) is 3.59. The number of hydrogen-bond acceptors (Lipinski definition) is 6. The molecule has 0 N–H and O–H groups in total. The summed E-state index contributed by atoms with van der Waals surface area (Å²) in [6, 6.07) is 0. The van der Waals surface area contributed by atoms with Gasteiger partial charge in [0.15, 0.2) is 4.99 Å². The van der Waals surface area contributed by atoms with Gasteiger partial charge in [-0.25, -0.2) is 0 Å². The predicted octanol–water partition coefficient (Wildman–Crippen LogP) is 1.33. The summed E-state index contributed by atoms with van der Waals surface area (Å²) in [6.07, 6.45) is 0.152. The maximum atomic E-state index is 12.1. The van der Waals surface area contributed by atoms with Crippen LogP contribution in [0.1, 0.15) is 20.3 Å². The largest absolute Gasteiger partial charge is 0.351 e. The average molecular weight is 258 g/mol. The molecule has 0 amide bonds. The summed E-state index contributed by atoms with van der Waals surface area (Å²) in [5.41, 5.74) is 0. The Bertz CT molecular complexity index is 340. The third kappa shape index (κ3) is 2.79. The fourth-order valence-corrected chi connectivity index (χ4v) is 5.60. The minimum atomic E-state index is -3.80. The summed E-state index contributed by atoms with van der Waals surface area (Å²) in [4.78, 5) is -1.18. The molecular weight excluding hydrogens is 243 g/mol. The van der Waals surface area contributed by atoms with Gasteiger partial charge in [-0.05, 0) is 13.8 Å². The van der Waals surface area contributed by atoms with E-state index in [-0.39, 0.29) is 26.2 Å². The first-order chi connectivity index (χ1) is 6.96. The molecule has 1 saturated heterocycles. The second-order valence-electron chi connectivity index (χ2n) is 2.93. The molecule has 6 nitrogen and oxygen atoms in total. The fraction of sp³-hybridized carbons (Fsp3) is 1.00. The molecule has 1 fully saturated rings.